The second-order valence-corrected chi connectivity index (χ2v) is 4.38. The summed E-state index contributed by atoms with van der Waals surface area (Å²) in [5, 5.41) is 8.95. The molecule has 2 aromatic rings. The predicted molar refractivity (Wildman–Crippen MR) is 79.7 cm³/mol. The third-order valence-electron chi connectivity index (χ3n) is 2.95. The lowest BCUT2D eigenvalue weighted by Gasteiger charge is -2.07. The van der Waals surface area contributed by atoms with Gasteiger partial charge in [0.2, 0.25) is 0 Å². The molecule has 2 aromatic carbocycles. The van der Waals surface area contributed by atoms with Crippen molar-refractivity contribution in [1.29, 1.82) is 0 Å². The predicted octanol–water partition coefficient (Wildman–Crippen LogP) is 3.49. The molecule has 102 valence electrons. The Kier molecular flexibility index (Phi) is 4.56. The van der Waals surface area contributed by atoms with Gasteiger partial charge in [0.05, 0.1) is 13.5 Å². The van der Waals surface area contributed by atoms with E-state index < -0.39 is 5.97 Å². The topological polar surface area (TPSA) is 46.5 Å². The Morgan fingerprint density at radius 2 is 1.90 bits per heavy atom. The van der Waals surface area contributed by atoms with E-state index in [1.165, 1.54) is 0 Å². The van der Waals surface area contributed by atoms with Gasteiger partial charge in [0, 0.05) is 0 Å². The molecule has 2 rings (SSSR count). The van der Waals surface area contributed by atoms with Crippen LogP contribution >= 0.6 is 0 Å². The van der Waals surface area contributed by atoms with Crippen LogP contribution in [0.1, 0.15) is 16.7 Å². The Balaban J connectivity index is 2.32. The molecule has 0 unspecified atom stereocenters. The van der Waals surface area contributed by atoms with E-state index in [1.807, 2.05) is 48.6 Å². The molecular weight excluding hydrogens is 252 g/mol. The standard InChI is InChI=1S/C17H16O3/c1-20-16-10-9-15(12-17(18)19)14(11-16)8-7-13-5-3-2-4-6-13/h2-11H,12H2,1H3,(H,18,19)/b8-7+. The van der Waals surface area contributed by atoms with Crippen LogP contribution in [0.25, 0.3) is 12.2 Å². The summed E-state index contributed by atoms with van der Waals surface area (Å²) < 4.78 is 5.19. The number of benzene rings is 2. The number of hydrogen-bond donors (Lipinski definition) is 1. The van der Waals surface area contributed by atoms with Crippen molar-refractivity contribution in [3.63, 3.8) is 0 Å². The second kappa shape index (κ2) is 6.57. The number of carboxylic acid groups (broad SMARTS) is 1. The molecule has 0 saturated carbocycles. The number of methoxy groups -OCH3 is 1. The minimum atomic E-state index is -0.843. The molecule has 20 heavy (non-hydrogen) atoms. The fourth-order valence-corrected chi connectivity index (χ4v) is 1.93. The van der Waals surface area contributed by atoms with Gasteiger partial charge in [0.15, 0.2) is 0 Å². The normalized spacial score (nSPS) is 10.7. The molecule has 0 bridgehead atoms. The van der Waals surface area contributed by atoms with E-state index in [1.54, 1.807) is 19.2 Å². The average molecular weight is 268 g/mol. The number of hydrogen-bond acceptors (Lipinski definition) is 2. The van der Waals surface area contributed by atoms with Crippen LogP contribution in [0.4, 0.5) is 0 Å². The van der Waals surface area contributed by atoms with E-state index in [-0.39, 0.29) is 6.42 Å². The summed E-state index contributed by atoms with van der Waals surface area (Å²) >= 11 is 0. The van der Waals surface area contributed by atoms with Crippen molar-refractivity contribution in [2.45, 2.75) is 6.42 Å². The van der Waals surface area contributed by atoms with E-state index >= 15 is 0 Å². The molecule has 0 aromatic heterocycles. The summed E-state index contributed by atoms with van der Waals surface area (Å²) in [6.07, 6.45) is 3.87. The Morgan fingerprint density at radius 1 is 1.15 bits per heavy atom. The Labute approximate surface area is 118 Å². The summed E-state index contributed by atoms with van der Waals surface area (Å²) in [6.45, 7) is 0. The summed E-state index contributed by atoms with van der Waals surface area (Å²) in [5.41, 5.74) is 2.69. The van der Waals surface area contributed by atoms with Crippen LogP contribution in [-0.4, -0.2) is 18.2 Å². The lowest BCUT2D eigenvalue weighted by molar-refractivity contribution is -0.136. The number of carbonyl (C=O) groups is 1. The summed E-state index contributed by atoms with van der Waals surface area (Å²) in [4.78, 5) is 10.9. The van der Waals surface area contributed by atoms with Crippen LogP contribution in [0.2, 0.25) is 0 Å². The molecular formula is C17H16O3. The van der Waals surface area contributed by atoms with Crippen molar-refractivity contribution in [3.8, 4) is 5.75 Å². The lowest BCUT2D eigenvalue weighted by Crippen LogP contribution is -2.02. The van der Waals surface area contributed by atoms with Gasteiger partial charge in [-0.05, 0) is 28.8 Å². The highest BCUT2D eigenvalue weighted by atomic mass is 16.5. The Bertz CT molecular complexity index is 615. The molecule has 0 aliphatic heterocycles. The maximum Gasteiger partial charge on any atom is 0.307 e. The number of ether oxygens (including phenoxy) is 1. The van der Waals surface area contributed by atoms with E-state index in [0.717, 1.165) is 16.7 Å². The van der Waals surface area contributed by atoms with Crippen LogP contribution in [0, 0.1) is 0 Å². The Hall–Kier alpha value is -2.55. The van der Waals surface area contributed by atoms with Gasteiger partial charge in [-0.2, -0.15) is 0 Å². The molecule has 0 atom stereocenters. The number of aliphatic carboxylic acids is 1. The van der Waals surface area contributed by atoms with E-state index in [0.29, 0.717) is 5.75 Å². The zero-order chi connectivity index (χ0) is 14.4. The first-order chi connectivity index (χ1) is 9.69. The second-order valence-electron chi connectivity index (χ2n) is 4.38. The molecule has 0 heterocycles. The highest BCUT2D eigenvalue weighted by molar-refractivity contribution is 5.76. The van der Waals surface area contributed by atoms with Crippen LogP contribution < -0.4 is 4.74 Å². The highest BCUT2D eigenvalue weighted by Crippen LogP contribution is 2.20. The van der Waals surface area contributed by atoms with Crippen LogP contribution in [0.5, 0.6) is 5.75 Å². The fraction of sp³-hybridized carbons (Fsp3) is 0.118. The third-order valence-corrected chi connectivity index (χ3v) is 2.95. The molecule has 0 saturated heterocycles. The molecule has 0 radical (unpaired) electrons. The molecule has 0 fully saturated rings. The van der Waals surface area contributed by atoms with Crippen molar-refractivity contribution < 1.29 is 14.6 Å². The van der Waals surface area contributed by atoms with Crippen LogP contribution in [0.3, 0.4) is 0 Å². The average Bonchev–Trinajstić information content (AvgIpc) is 2.47. The third kappa shape index (κ3) is 3.72. The first-order valence-corrected chi connectivity index (χ1v) is 6.31. The van der Waals surface area contributed by atoms with E-state index in [2.05, 4.69) is 0 Å². The van der Waals surface area contributed by atoms with Gasteiger partial charge in [0.25, 0.3) is 0 Å². The number of rotatable bonds is 5. The van der Waals surface area contributed by atoms with Gasteiger partial charge in [-0.3, -0.25) is 4.79 Å². The molecule has 3 heteroatoms. The van der Waals surface area contributed by atoms with Crippen molar-refractivity contribution in [2.24, 2.45) is 0 Å². The maximum atomic E-state index is 10.9. The molecule has 0 spiro atoms. The Morgan fingerprint density at radius 3 is 2.55 bits per heavy atom. The summed E-state index contributed by atoms with van der Waals surface area (Å²) in [6, 6.07) is 15.3. The van der Waals surface area contributed by atoms with E-state index in [4.69, 9.17) is 9.84 Å². The fourth-order valence-electron chi connectivity index (χ4n) is 1.93. The van der Waals surface area contributed by atoms with Gasteiger partial charge in [-0.25, -0.2) is 0 Å². The van der Waals surface area contributed by atoms with Gasteiger partial charge in [0.1, 0.15) is 5.75 Å². The molecule has 3 nitrogen and oxygen atoms in total. The molecule has 0 aliphatic rings. The first-order valence-electron chi connectivity index (χ1n) is 6.31. The van der Waals surface area contributed by atoms with Crippen molar-refractivity contribution in [1.82, 2.24) is 0 Å². The zero-order valence-corrected chi connectivity index (χ0v) is 11.2. The zero-order valence-electron chi connectivity index (χ0n) is 11.2. The highest BCUT2D eigenvalue weighted by Gasteiger charge is 2.06. The molecule has 0 amide bonds. The minimum absolute atomic E-state index is 0.00153. The van der Waals surface area contributed by atoms with E-state index in [9.17, 15) is 4.79 Å². The van der Waals surface area contributed by atoms with Crippen LogP contribution in [-0.2, 0) is 11.2 Å². The van der Waals surface area contributed by atoms with Gasteiger partial charge < -0.3 is 9.84 Å². The monoisotopic (exact) mass is 268 g/mol. The maximum absolute atomic E-state index is 10.9. The van der Waals surface area contributed by atoms with Crippen LogP contribution in [0.15, 0.2) is 48.5 Å². The quantitative estimate of drug-likeness (QED) is 0.844. The first kappa shape index (κ1) is 13.9. The summed E-state index contributed by atoms with van der Waals surface area (Å²) in [5.74, 6) is -0.128. The number of carboxylic acids is 1. The van der Waals surface area contributed by atoms with Crippen molar-refractivity contribution in [2.75, 3.05) is 7.11 Å². The molecule has 1 N–H and O–H groups in total. The molecule has 0 aliphatic carbocycles. The summed E-state index contributed by atoms with van der Waals surface area (Å²) in [7, 11) is 1.59. The smallest absolute Gasteiger partial charge is 0.307 e. The van der Waals surface area contributed by atoms with Crippen molar-refractivity contribution >= 4 is 18.1 Å². The van der Waals surface area contributed by atoms with Gasteiger partial charge >= 0.3 is 5.97 Å². The largest absolute Gasteiger partial charge is 0.497 e. The van der Waals surface area contributed by atoms with Crippen molar-refractivity contribution in [3.05, 3.63) is 65.2 Å². The van der Waals surface area contributed by atoms with Gasteiger partial charge in [-0.1, -0.05) is 48.6 Å². The minimum Gasteiger partial charge on any atom is -0.497 e. The van der Waals surface area contributed by atoms with Gasteiger partial charge in [-0.15, -0.1) is 0 Å². The SMILES string of the molecule is COc1ccc(CC(=O)O)c(/C=C/c2ccccc2)c1. The lowest BCUT2D eigenvalue weighted by atomic mass is 10.0.